The second kappa shape index (κ2) is 15.9. The van der Waals surface area contributed by atoms with Crippen molar-refractivity contribution in [1.82, 2.24) is 15.0 Å². The van der Waals surface area contributed by atoms with Crippen LogP contribution in [0.4, 0.5) is 9.93 Å². The first-order valence-corrected chi connectivity index (χ1v) is 14.9. The number of methoxy groups -OCH3 is 1. The molecule has 0 fully saturated rings. The summed E-state index contributed by atoms with van der Waals surface area (Å²) in [5, 5.41) is 12.5. The third kappa shape index (κ3) is 11.3. The minimum Gasteiger partial charge on any atom is -0.491 e. The molecule has 12 nitrogen and oxygen atoms in total. The van der Waals surface area contributed by atoms with Crippen LogP contribution in [0.25, 0.3) is 11.3 Å². The molecule has 3 rings (SSSR count). The summed E-state index contributed by atoms with van der Waals surface area (Å²) in [6.07, 6.45) is 0.329. The topological polar surface area (TPSA) is 171 Å². The number of hydrogen-bond acceptors (Lipinski definition) is 9. The zero-order valence-electron chi connectivity index (χ0n) is 22.0. The Kier molecular flexibility index (Phi) is 12.3. The summed E-state index contributed by atoms with van der Waals surface area (Å²) < 4.78 is 40.1. The van der Waals surface area contributed by atoms with E-state index in [1.54, 1.807) is 7.11 Å². The van der Waals surface area contributed by atoms with Crippen LogP contribution in [0, 0.1) is 0 Å². The van der Waals surface area contributed by atoms with Gasteiger partial charge in [-0.2, -0.15) is 8.42 Å². The number of alkyl carbamates (subject to hydrolysis) is 1. The molecule has 0 saturated carbocycles. The van der Waals surface area contributed by atoms with Crippen molar-refractivity contribution in [1.29, 1.82) is 0 Å². The van der Waals surface area contributed by atoms with Crippen molar-refractivity contribution < 1.29 is 32.2 Å². The number of nitrogens with one attached hydrogen (secondary N) is 3. The van der Waals surface area contributed by atoms with Crippen LogP contribution >= 0.6 is 11.3 Å². The Morgan fingerprint density at radius 3 is 2.50 bits per heavy atom. The van der Waals surface area contributed by atoms with Crippen LogP contribution in [-0.4, -0.2) is 58.3 Å². The van der Waals surface area contributed by atoms with Gasteiger partial charge in [0.2, 0.25) is 5.91 Å². The van der Waals surface area contributed by atoms with E-state index in [2.05, 4.69) is 20.3 Å². The number of benzene rings is 2. The molecule has 5 N–H and O–H groups in total. The molecule has 0 unspecified atom stereocenters. The Hall–Kier alpha value is -3.56. The van der Waals surface area contributed by atoms with E-state index in [9.17, 15) is 18.0 Å². The number of thiazole rings is 1. The molecular formula is C26H33N5O7S2. The molecule has 0 aliphatic rings. The van der Waals surface area contributed by atoms with Crippen molar-refractivity contribution in [3.63, 3.8) is 0 Å². The van der Waals surface area contributed by atoms with Gasteiger partial charge in [-0.3, -0.25) is 4.79 Å². The van der Waals surface area contributed by atoms with E-state index in [1.165, 1.54) is 11.3 Å². The molecule has 0 radical (unpaired) electrons. The Labute approximate surface area is 237 Å². The summed E-state index contributed by atoms with van der Waals surface area (Å²) in [5.41, 5.74) is 2.32. The summed E-state index contributed by atoms with van der Waals surface area (Å²) in [4.78, 5) is 30.0. The molecule has 1 atom stereocenters. The first kappa shape index (κ1) is 31.0. The van der Waals surface area contributed by atoms with E-state index in [0.29, 0.717) is 42.6 Å². The van der Waals surface area contributed by atoms with Gasteiger partial charge in [-0.25, -0.2) is 19.6 Å². The number of anilines is 1. The van der Waals surface area contributed by atoms with Gasteiger partial charge in [0.15, 0.2) is 5.13 Å². The number of ether oxygens (including phenoxy) is 3. The first-order chi connectivity index (χ1) is 19.2. The van der Waals surface area contributed by atoms with E-state index in [-0.39, 0.29) is 19.6 Å². The maximum absolute atomic E-state index is 13.1. The second-order valence-electron chi connectivity index (χ2n) is 8.59. The highest BCUT2D eigenvalue weighted by atomic mass is 32.2. The van der Waals surface area contributed by atoms with Crippen LogP contribution in [0.15, 0.2) is 60.0 Å². The summed E-state index contributed by atoms with van der Waals surface area (Å²) in [6, 6.07) is 15.6. The molecule has 1 heterocycles. The summed E-state index contributed by atoms with van der Waals surface area (Å²) in [5.74, 6) is 0.232. The third-order valence-corrected chi connectivity index (χ3v) is 6.85. The average molecular weight is 592 g/mol. The van der Waals surface area contributed by atoms with Crippen molar-refractivity contribution in [3.05, 3.63) is 65.5 Å². The highest BCUT2D eigenvalue weighted by molar-refractivity contribution is 7.87. The number of aromatic nitrogens is 1. The van der Waals surface area contributed by atoms with Gasteiger partial charge < -0.3 is 24.8 Å². The van der Waals surface area contributed by atoms with Crippen molar-refractivity contribution in [2.75, 3.05) is 32.2 Å². The molecule has 0 spiro atoms. The number of carbonyl (C=O) groups is 2. The lowest BCUT2D eigenvalue weighted by Gasteiger charge is -2.17. The predicted molar refractivity (Wildman–Crippen MR) is 152 cm³/mol. The summed E-state index contributed by atoms with van der Waals surface area (Å²) in [7, 11) is -2.19. The van der Waals surface area contributed by atoms with Crippen LogP contribution in [0.5, 0.6) is 5.75 Å². The predicted octanol–water partition coefficient (Wildman–Crippen LogP) is 3.03. The maximum Gasteiger partial charge on any atom is 0.408 e. The smallest absolute Gasteiger partial charge is 0.408 e. The van der Waals surface area contributed by atoms with Crippen LogP contribution in [0.2, 0.25) is 0 Å². The molecule has 0 aliphatic heterocycles. The van der Waals surface area contributed by atoms with Crippen LogP contribution < -0.4 is 25.2 Å². The fourth-order valence-electron chi connectivity index (χ4n) is 3.48. The number of nitrogens with two attached hydrogens (primary N) is 1. The van der Waals surface area contributed by atoms with Crippen LogP contribution in [0.3, 0.4) is 0 Å². The lowest BCUT2D eigenvalue weighted by atomic mass is 10.1. The highest BCUT2D eigenvalue weighted by Gasteiger charge is 2.22. The van der Waals surface area contributed by atoms with Gasteiger partial charge >= 0.3 is 6.09 Å². The van der Waals surface area contributed by atoms with Crippen molar-refractivity contribution in [2.24, 2.45) is 5.14 Å². The van der Waals surface area contributed by atoms with E-state index in [1.807, 2.05) is 60.0 Å². The third-order valence-electron chi connectivity index (χ3n) is 5.48. The Bertz CT molecular complexity index is 1320. The maximum atomic E-state index is 13.1. The molecule has 14 heteroatoms. The largest absolute Gasteiger partial charge is 0.491 e. The molecule has 2 amide bonds. The molecule has 0 aliphatic carbocycles. The monoisotopic (exact) mass is 591 g/mol. The Morgan fingerprint density at radius 2 is 1.80 bits per heavy atom. The number of nitrogens with zero attached hydrogens (tertiary/aromatic N) is 1. The van der Waals surface area contributed by atoms with E-state index < -0.39 is 28.3 Å². The normalized spacial score (nSPS) is 11.9. The molecule has 0 saturated heterocycles. The zero-order valence-corrected chi connectivity index (χ0v) is 23.6. The van der Waals surface area contributed by atoms with Gasteiger partial charge in [0.25, 0.3) is 10.2 Å². The van der Waals surface area contributed by atoms with E-state index in [4.69, 9.17) is 19.3 Å². The second-order valence-corrected chi connectivity index (χ2v) is 10.8. The lowest BCUT2D eigenvalue weighted by Crippen LogP contribution is -2.44. The summed E-state index contributed by atoms with van der Waals surface area (Å²) >= 11 is 1.25. The van der Waals surface area contributed by atoms with E-state index in [0.717, 1.165) is 11.1 Å². The van der Waals surface area contributed by atoms with Gasteiger partial charge in [-0.15, -0.1) is 11.3 Å². The molecule has 0 bridgehead atoms. The highest BCUT2D eigenvalue weighted by Crippen LogP contribution is 2.26. The Morgan fingerprint density at radius 1 is 1.05 bits per heavy atom. The van der Waals surface area contributed by atoms with Gasteiger partial charge in [0.1, 0.15) is 25.0 Å². The van der Waals surface area contributed by atoms with Crippen molar-refractivity contribution in [2.45, 2.75) is 31.9 Å². The molecule has 40 heavy (non-hydrogen) atoms. The minimum absolute atomic E-state index is 0.0470. The van der Waals surface area contributed by atoms with Crippen molar-refractivity contribution in [3.8, 4) is 17.0 Å². The number of carbonyl (C=O) groups excluding carboxylic acids is 2. The van der Waals surface area contributed by atoms with Crippen LogP contribution in [0.1, 0.15) is 24.8 Å². The SMILES string of the molecule is COCCOc1ccc(-c2csc(NC(=O)[C@H](CCCCNS(N)(=O)=O)NC(=O)OCc3ccccc3)n2)cc1. The molecule has 1 aromatic heterocycles. The molecule has 216 valence electrons. The molecule has 2 aromatic carbocycles. The van der Waals surface area contributed by atoms with Gasteiger partial charge in [-0.05, 0) is 49.1 Å². The van der Waals surface area contributed by atoms with Crippen molar-refractivity contribution >= 4 is 38.7 Å². The summed E-state index contributed by atoms with van der Waals surface area (Å²) in [6.45, 7) is 1.09. The number of rotatable bonds is 16. The molecular weight excluding hydrogens is 558 g/mol. The average Bonchev–Trinajstić information content (AvgIpc) is 3.40. The fourth-order valence-corrected chi connectivity index (χ4v) is 4.64. The standard InChI is InChI=1S/C26H33N5O7S2/c1-36-15-16-37-21-12-10-20(11-13-21)23-18-39-25(29-23)31-24(32)22(9-5-6-14-28-40(27,34)35)30-26(33)38-17-19-7-3-2-4-8-19/h2-4,7-8,10-13,18,22,28H,5-6,9,14-17H2,1H3,(H,30,33)(H2,27,34,35)(H,29,31,32)/t22-/m0/s1. The van der Waals surface area contributed by atoms with Gasteiger partial charge in [0, 0.05) is 24.6 Å². The number of amides is 2. The number of unbranched alkanes of at least 4 members (excludes halogenated alkanes) is 1. The zero-order chi connectivity index (χ0) is 28.8. The minimum atomic E-state index is -3.80. The molecule has 3 aromatic rings. The van der Waals surface area contributed by atoms with Gasteiger partial charge in [0.05, 0.1) is 12.3 Å². The Balaban J connectivity index is 1.58. The van der Waals surface area contributed by atoms with E-state index >= 15 is 0 Å². The van der Waals surface area contributed by atoms with Gasteiger partial charge in [-0.1, -0.05) is 30.3 Å². The van der Waals surface area contributed by atoms with Crippen LogP contribution in [-0.2, 0) is 31.1 Å². The first-order valence-electron chi connectivity index (χ1n) is 12.5. The quantitative estimate of drug-likeness (QED) is 0.184. The fraction of sp³-hybridized carbons (Fsp3) is 0.346. The lowest BCUT2D eigenvalue weighted by molar-refractivity contribution is -0.118. The number of hydrogen-bond donors (Lipinski definition) is 4.